The minimum absolute atomic E-state index is 0.0944. The highest BCUT2D eigenvalue weighted by molar-refractivity contribution is 6.22. The normalized spacial score (nSPS) is 32.7. The maximum Gasteiger partial charge on any atom is 0.306 e. The number of nitro benzene ring substituents is 1. The molecule has 0 unspecified atom stereocenters. The number of nitro groups is 1. The van der Waals surface area contributed by atoms with Gasteiger partial charge in [0.25, 0.3) is 0 Å². The van der Waals surface area contributed by atoms with Crippen molar-refractivity contribution >= 4 is 23.2 Å². The quantitative estimate of drug-likeness (QED) is 0.477. The second-order valence-corrected chi connectivity index (χ2v) is 6.29. The van der Waals surface area contributed by atoms with Crippen LogP contribution >= 0.6 is 0 Å². The largest absolute Gasteiger partial charge is 0.306 e. The highest BCUT2D eigenvalue weighted by Gasteiger charge is 2.61. The Balaban J connectivity index is 1.75. The molecule has 4 rings (SSSR count). The first-order valence-corrected chi connectivity index (χ1v) is 7.31. The van der Waals surface area contributed by atoms with Gasteiger partial charge in [-0.15, -0.1) is 0 Å². The third-order valence-corrected chi connectivity index (χ3v) is 5.31. The Morgan fingerprint density at radius 2 is 1.73 bits per heavy atom. The summed E-state index contributed by atoms with van der Waals surface area (Å²) in [7, 11) is 0. The fourth-order valence-electron chi connectivity index (χ4n) is 4.44. The van der Waals surface area contributed by atoms with Crippen LogP contribution in [0.1, 0.15) is 19.3 Å². The van der Waals surface area contributed by atoms with Gasteiger partial charge in [0.05, 0.1) is 22.4 Å². The van der Waals surface area contributed by atoms with Crippen molar-refractivity contribution in [3.63, 3.8) is 0 Å². The summed E-state index contributed by atoms with van der Waals surface area (Å²) in [6.07, 6.45) is 2.84. The highest BCUT2D eigenvalue weighted by Crippen LogP contribution is 2.56. The molecule has 4 atom stereocenters. The number of rotatable bonds is 2. The van der Waals surface area contributed by atoms with Crippen molar-refractivity contribution in [3.05, 3.63) is 34.1 Å². The number of carbonyl (C=O) groups excluding carboxylic acids is 2. The van der Waals surface area contributed by atoms with Crippen molar-refractivity contribution in [1.82, 2.24) is 0 Å². The van der Waals surface area contributed by atoms with Gasteiger partial charge in [0.15, 0.2) is 0 Å². The van der Waals surface area contributed by atoms with Crippen LogP contribution in [0.2, 0.25) is 0 Å². The van der Waals surface area contributed by atoms with E-state index in [1.165, 1.54) is 6.07 Å². The maximum absolute atomic E-state index is 13.4. The molecule has 1 saturated heterocycles. The Labute approximate surface area is 125 Å². The van der Waals surface area contributed by atoms with Gasteiger partial charge in [-0.3, -0.25) is 19.7 Å². The molecule has 22 heavy (non-hydrogen) atoms. The number of anilines is 1. The van der Waals surface area contributed by atoms with E-state index in [1.54, 1.807) is 0 Å². The van der Waals surface area contributed by atoms with Crippen LogP contribution in [-0.4, -0.2) is 16.7 Å². The predicted molar refractivity (Wildman–Crippen MR) is 73.4 cm³/mol. The van der Waals surface area contributed by atoms with Crippen molar-refractivity contribution < 1.29 is 18.9 Å². The number of nitrogens with zero attached hydrogens (tertiary/aromatic N) is 2. The van der Waals surface area contributed by atoms with E-state index in [1.807, 2.05) is 0 Å². The Morgan fingerprint density at radius 3 is 2.27 bits per heavy atom. The minimum Gasteiger partial charge on any atom is -0.274 e. The molecular weight excluding hydrogens is 291 g/mol. The number of hydrogen-bond acceptors (Lipinski definition) is 4. The van der Waals surface area contributed by atoms with E-state index in [2.05, 4.69) is 0 Å². The van der Waals surface area contributed by atoms with Crippen LogP contribution < -0.4 is 4.90 Å². The lowest BCUT2D eigenvalue weighted by molar-refractivity contribution is -0.387. The van der Waals surface area contributed by atoms with Crippen molar-refractivity contribution in [1.29, 1.82) is 0 Å². The molecule has 1 heterocycles. The van der Waals surface area contributed by atoms with E-state index in [-0.39, 0.29) is 41.2 Å². The number of carbonyl (C=O) groups is 2. The van der Waals surface area contributed by atoms with E-state index < -0.39 is 16.4 Å². The van der Waals surface area contributed by atoms with Gasteiger partial charge >= 0.3 is 5.69 Å². The molecule has 0 aromatic heterocycles. The molecule has 3 aliphatic rings. The molecule has 7 heteroatoms. The van der Waals surface area contributed by atoms with Crippen molar-refractivity contribution in [2.75, 3.05) is 4.90 Å². The number of benzene rings is 1. The third kappa shape index (κ3) is 1.59. The lowest BCUT2D eigenvalue weighted by Gasteiger charge is -2.19. The van der Waals surface area contributed by atoms with Gasteiger partial charge in [0.2, 0.25) is 17.6 Å². The number of imide groups is 1. The molecule has 2 bridgehead atoms. The van der Waals surface area contributed by atoms with Crippen molar-refractivity contribution in [2.45, 2.75) is 19.3 Å². The van der Waals surface area contributed by atoms with Gasteiger partial charge in [0.1, 0.15) is 0 Å². The monoisotopic (exact) mass is 304 g/mol. The van der Waals surface area contributed by atoms with E-state index >= 15 is 0 Å². The number of hydrogen-bond donors (Lipinski definition) is 0. The molecule has 114 valence electrons. The zero-order valence-corrected chi connectivity index (χ0v) is 11.6. The van der Waals surface area contributed by atoms with E-state index in [0.29, 0.717) is 0 Å². The predicted octanol–water partition coefficient (Wildman–Crippen LogP) is 2.27. The van der Waals surface area contributed by atoms with Gasteiger partial charge in [-0.05, 0) is 43.2 Å². The smallest absolute Gasteiger partial charge is 0.274 e. The average molecular weight is 304 g/mol. The Bertz CT molecular complexity index is 691. The summed E-state index contributed by atoms with van der Waals surface area (Å²) in [5, 5.41) is 10.8. The van der Waals surface area contributed by atoms with Crippen molar-refractivity contribution in [2.24, 2.45) is 23.7 Å². The lowest BCUT2D eigenvalue weighted by atomic mass is 9.81. The minimum atomic E-state index is -0.979. The first-order chi connectivity index (χ1) is 10.5. The molecule has 6 nitrogen and oxygen atoms in total. The van der Waals surface area contributed by atoms with Crippen LogP contribution in [0.4, 0.5) is 15.8 Å². The second-order valence-electron chi connectivity index (χ2n) is 6.29. The van der Waals surface area contributed by atoms with Crippen LogP contribution in [0.5, 0.6) is 0 Å². The fourth-order valence-corrected chi connectivity index (χ4v) is 4.44. The van der Waals surface area contributed by atoms with Crippen molar-refractivity contribution in [3.8, 4) is 0 Å². The standard InChI is InChI=1S/C15H13FN2O4/c16-10-4-3-9(6-11(10)18(21)22)17-14(19)12-7-1-2-8(5-7)13(12)15(17)20/h3-4,6-8,12-13H,1-2,5H2/t7-,8-,12-,13-/m0/s1. The Kier molecular flexibility index (Phi) is 2.64. The molecule has 0 radical (unpaired) electrons. The van der Waals surface area contributed by atoms with Crippen LogP contribution in [0.25, 0.3) is 0 Å². The van der Waals surface area contributed by atoms with Gasteiger partial charge in [-0.1, -0.05) is 0 Å². The van der Waals surface area contributed by atoms with Crippen LogP contribution in [0.3, 0.4) is 0 Å². The lowest BCUT2D eigenvalue weighted by Crippen LogP contribution is -2.32. The maximum atomic E-state index is 13.4. The highest BCUT2D eigenvalue weighted by atomic mass is 19.1. The molecule has 1 aromatic rings. The fraction of sp³-hybridized carbons (Fsp3) is 0.467. The molecule has 0 spiro atoms. The summed E-state index contributed by atoms with van der Waals surface area (Å²) in [4.78, 5) is 36.2. The zero-order valence-electron chi connectivity index (χ0n) is 11.6. The topological polar surface area (TPSA) is 80.5 Å². The molecule has 1 aromatic carbocycles. The first kappa shape index (κ1) is 13.4. The number of amides is 2. The average Bonchev–Trinajstić information content (AvgIpc) is 3.14. The van der Waals surface area contributed by atoms with Gasteiger partial charge in [-0.2, -0.15) is 4.39 Å². The molecule has 3 fully saturated rings. The first-order valence-electron chi connectivity index (χ1n) is 7.31. The molecule has 2 amide bonds. The third-order valence-electron chi connectivity index (χ3n) is 5.31. The van der Waals surface area contributed by atoms with Crippen LogP contribution in [-0.2, 0) is 9.59 Å². The van der Waals surface area contributed by atoms with E-state index in [4.69, 9.17) is 0 Å². The molecule has 2 saturated carbocycles. The second kappa shape index (κ2) is 4.34. The Morgan fingerprint density at radius 1 is 1.14 bits per heavy atom. The summed E-state index contributed by atoms with van der Waals surface area (Å²) in [5.74, 6) is -1.66. The van der Waals surface area contributed by atoms with Gasteiger partial charge in [-0.25, -0.2) is 4.90 Å². The molecular formula is C15H13FN2O4. The van der Waals surface area contributed by atoms with Gasteiger partial charge < -0.3 is 0 Å². The molecule has 0 N–H and O–H groups in total. The zero-order chi connectivity index (χ0) is 15.6. The van der Waals surface area contributed by atoms with E-state index in [9.17, 15) is 24.1 Å². The Hall–Kier alpha value is -2.31. The van der Waals surface area contributed by atoms with Gasteiger partial charge in [0, 0.05) is 6.07 Å². The molecule has 1 aliphatic heterocycles. The summed E-state index contributed by atoms with van der Waals surface area (Å²) < 4.78 is 13.4. The number of fused-ring (bicyclic) bond motifs is 5. The number of halogens is 1. The summed E-state index contributed by atoms with van der Waals surface area (Å²) >= 11 is 0. The van der Waals surface area contributed by atoms with Crippen LogP contribution in [0.15, 0.2) is 18.2 Å². The van der Waals surface area contributed by atoms with Crippen LogP contribution in [0, 0.1) is 39.6 Å². The summed E-state index contributed by atoms with van der Waals surface area (Å²) in [5.41, 5.74) is -0.630. The molecule has 2 aliphatic carbocycles. The summed E-state index contributed by atoms with van der Waals surface area (Å²) in [6, 6.07) is 3.14. The van der Waals surface area contributed by atoms with E-state index in [0.717, 1.165) is 36.3 Å². The SMILES string of the molecule is O=C1[C@H]2[C@H]3CC[C@@H](C3)[C@@H]2C(=O)N1c1ccc(F)c([N+](=O)[O-])c1. The summed E-state index contributed by atoms with van der Waals surface area (Å²) in [6.45, 7) is 0.